The summed E-state index contributed by atoms with van der Waals surface area (Å²) >= 11 is 0. The number of nitrogens with one attached hydrogen (secondary N) is 2. The molecule has 0 bridgehead atoms. The first-order valence-corrected chi connectivity index (χ1v) is 8.46. The lowest BCUT2D eigenvalue weighted by Crippen LogP contribution is -2.34. The summed E-state index contributed by atoms with van der Waals surface area (Å²) in [6.07, 6.45) is 7.88. The van der Waals surface area contributed by atoms with Gasteiger partial charge >= 0.3 is 6.03 Å². The van der Waals surface area contributed by atoms with Crippen molar-refractivity contribution in [1.82, 2.24) is 15.8 Å². The zero-order valence-electron chi connectivity index (χ0n) is 13.7. The third-order valence-electron chi connectivity index (χ3n) is 4.13. The van der Waals surface area contributed by atoms with Gasteiger partial charge < -0.3 is 19.9 Å². The number of carbonyl (C=O) groups excluding carboxylic acids is 1. The molecule has 0 spiro atoms. The van der Waals surface area contributed by atoms with Crippen LogP contribution in [-0.2, 0) is 13.1 Å². The van der Waals surface area contributed by atoms with Crippen molar-refractivity contribution in [1.29, 1.82) is 0 Å². The third-order valence-corrected chi connectivity index (χ3v) is 4.13. The molecule has 1 heterocycles. The first-order chi connectivity index (χ1) is 11.8. The summed E-state index contributed by atoms with van der Waals surface area (Å²) in [6, 6.07) is 9.38. The minimum Gasteiger partial charge on any atom is -0.490 e. The number of rotatable bonds is 6. The highest BCUT2D eigenvalue weighted by Gasteiger charge is 2.14. The van der Waals surface area contributed by atoms with Crippen LogP contribution in [0.25, 0.3) is 0 Å². The van der Waals surface area contributed by atoms with Crippen molar-refractivity contribution < 1.29 is 14.1 Å². The Labute approximate surface area is 141 Å². The maximum atomic E-state index is 11.8. The van der Waals surface area contributed by atoms with Gasteiger partial charge in [-0.15, -0.1) is 0 Å². The van der Waals surface area contributed by atoms with Crippen LogP contribution in [0.1, 0.15) is 43.4 Å². The Morgan fingerprint density at radius 2 is 2.00 bits per heavy atom. The fourth-order valence-corrected chi connectivity index (χ4v) is 2.85. The van der Waals surface area contributed by atoms with E-state index in [-0.39, 0.29) is 6.03 Å². The molecule has 0 unspecified atom stereocenters. The molecule has 1 aliphatic rings. The van der Waals surface area contributed by atoms with Gasteiger partial charge in [-0.1, -0.05) is 23.7 Å². The standard InChI is InChI=1S/C18H23N3O3/c22-18(20-13-15-9-10-23-21-15)19-12-14-5-4-8-17(11-14)24-16-6-2-1-3-7-16/h4-5,8-11,16H,1-3,6-7,12-13H2,(H2,19,20,22). The predicted octanol–water partition coefficient (Wildman–Crippen LogP) is 3.39. The zero-order chi connectivity index (χ0) is 16.6. The van der Waals surface area contributed by atoms with E-state index >= 15 is 0 Å². The number of benzene rings is 1. The van der Waals surface area contributed by atoms with E-state index in [1.54, 1.807) is 6.07 Å². The highest BCUT2D eigenvalue weighted by atomic mass is 16.5. The molecule has 2 N–H and O–H groups in total. The van der Waals surface area contributed by atoms with E-state index in [2.05, 4.69) is 15.8 Å². The average Bonchev–Trinajstić information content (AvgIpc) is 3.13. The first kappa shape index (κ1) is 16.4. The van der Waals surface area contributed by atoms with E-state index in [0.29, 0.717) is 24.9 Å². The van der Waals surface area contributed by atoms with E-state index in [9.17, 15) is 4.79 Å². The van der Waals surface area contributed by atoms with Gasteiger partial charge in [0.25, 0.3) is 0 Å². The normalized spacial score (nSPS) is 15.0. The molecule has 6 nitrogen and oxygen atoms in total. The molecule has 3 rings (SSSR count). The second-order valence-electron chi connectivity index (χ2n) is 6.05. The minimum absolute atomic E-state index is 0.239. The fourth-order valence-electron chi connectivity index (χ4n) is 2.85. The smallest absolute Gasteiger partial charge is 0.315 e. The lowest BCUT2D eigenvalue weighted by molar-refractivity contribution is 0.155. The fraction of sp³-hybridized carbons (Fsp3) is 0.444. The molecule has 0 atom stereocenters. The highest BCUT2D eigenvalue weighted by molar-refractivity contribution is 5.73. The van der Waals surface area contributed by atoms with Gasteiger partial charge in [-0.2, -0.15) is 0 Å². The molecule has 24 heavy (non-hydrogen) atoms. The van der Waals surface area contributed by atoms with Crippen LogP contribution in [0.5, 0.6) is 5.75 Å². The molecule has 1 saturated carbocycles. The largest absolute Gasteiger partial charge is 0.490 e. The minimum atomic E-state index is -0.239. The van der Waals surface area contributed by atoms with Crippen LogP contribution < -0.4 is 15.4 Å². The average molecular weight is 329 g/mol. The van der Waals surface area contributed by atoms with Crippen LogP contribution in [-0.4, -0.2) is 17.3 Å². The van der Waals surface area contributed by atoms with E-state index in [0.717, 1.165) is 24.2 Å². The molecule has 2 aromatic rings. The molecule has 128 valence electrons. The zero-order valence-corrected chi connectivity index (χ0v) is 13.7. The van der Waals surface area contributed by atoms with Crippen molar-refractivity contribution in [2.75, 3.05) is 0 Å². The molecule has 1 aromatic heterocycles. The SMILES string of the molecule is O=C(NCc1cccc(OC2CCCCC2)c1)NCc1ccon1. The number of aromatic nitrogens is 1. The molecule has 0 radical (unpaired) electrons. The van der Waals surface area contributed by atoms with Crippen molar-refractivity contribution >= 4 is 6.03 Å². The number of ether oxygens (including phenoxy) is 1. The Kier molecular flexibility index (Phi) is 5.71. The number of hydrogen-bond acceptors (Lipinski definition) is 4. The van der Waals surface area contributed by atoms with Crippen LogP contribution in [0, 0.1) is 0 Å². The van der Waals surface area contributed by atoms with Crippen molar-refractivity contribution in [3.8, 4) is 5.75 Å². The molecule has 1 aromatic carbocycles. The van der Waals surface area contributed by atoms with Gasteiger partial charge in [0.15, 0.2) is 0 Å². The van der Waals surface area contributed by atoms with Crippen molar-refractivity contribution in [2.24, 2.45) is 0 Å². The number of amides is 2. The van der Waals surface area contributed by atoms with E-state index < -0.39 is 0 Å². The summed E-state index contributed by atoms with van der Waals surface area (Å²) in [7, 11) is 0. The highest BCUT2D eigenvalue weighted by Crippen LogP contribution is 2.23. The second-order valence-corrected chi connectivity index (χ2v) is 6.05. The van der Waals surface area contributed by atoms with E-state index in [4.69, 9.17) is 9.26 Å². The lowest BCUT2D eigenvalue weighted by atomic mass is 9.98. The maximum absolute atomic E-state index is 11.8. The molecular formula is C18H23N3O3. The number of hydrogen-bond donors (Lipinski definition) is 2. The van der Waals surface area contributed by atoms with Crippen LogP contribution in [0.2, 0.25) is 0 Å². The Balaban J connectivity index is 1.44. The van der Waals surface area contributed by atoms with Crippen molar-refractivity contribution in [3.63, 3.8) is 0 Å². The predicted molar refractivity (Wildman–Crippen MR) is 89.5 cm³/mol. The molecule has 2 amide bonds. The van der Waals surface area contributed by atoms with Crippen molar-refractivity contribution in [2.45, 2.75) is 51.3 Å². The van der Waals surface area contributed by atoms with Crippen LogP contribution in [0.4, 0.5) is 4.79 Å². The van der Waals surface area contributed by atoms with Gasteiger partial charge in [0.1, 0.15) is 17.7 Å². The molecule has 0 aliphatic heterocycles. The lowest BCUT2D eigenvalue weighted by Gasteiger charge is -2.23. The molecule has 0 saturated heterocycles. The van der Waals surface area contributed by atoms with Gasteiger partial charge in [-0.25, -0.2) is 4.79 Å². The summed E-state index contributed by atoms with van der Waals surface area (Å²) in [4.78, 5) is 11.8. The van der Waals surface area contributed by atoms with E-state index in [1.165, 1.54) is 25.5 Å². The van der Waals surface area contributed by atoms with E-state index in [1.807, 2.05) is 24.3 Å². The van der Waals surface area contributed by atoms with Crippen LogP contribution in [0.3, 0.4) is 0 Å². The summed E-state index contributed by atoms with van der Waals surface area (Å²) in [5.41, 5.74) is 1.70. The summed E-state index contributed by atoms with van der Waals surface area (Å²) in [5, 5.41) is 9.30. The summed E-state index contributed by atoms with van der Waals surface area (Å²) < 4.78 is 10.8. The number of urea groups is 1. The topological polar surface area (TPSA) is 76.4 Å². The molecular weight excluding hydrogens is 306 g/mol. The van der Waals surface area contributed by atoms with Gasteiger partial charge in [0.05, 0.1) is 12.6 Å². The van der Waals surface area contributed by atoms with Crippen LogP contribution >= 0.6 is 0 Å². The Morgan fingerprint density at radius 3 is 2.79 bits per heavy atom. The Hall–Kier alpha value is -2.50. The van der Waals surface area contributed by atoms with Gasteiger partial charge in [0.2, 0.25) is 0 Å². The van der Waals surface area contributed by atoms with Gasteiger partial charge in [-0.3, -0.25) is 0 Å². The quantitative estimate of drug-likeness (QED) is 0.852. The van der Waals surface area contributed by atoms with Crippen molar-refractivity contribution in [3.05, 3.63) is 47.9 Å². The summed E-state index contributed by atoms with van der Waals surface area (Å²) in [6.45, 7) is 0.791. The monoisotopic (exact) mass is 329 g/mol. The third kappa shape index (κ3) is 5.01. The molecule has 1 aliphatic carbocycles. The number of carbonyl (C=O) groups is 1. The Bertz CT molecular complexity index is 637. The molecule has 1 fully saturated rings. The number of nitrogens with zero attached hydrogens (tertiary/aromatic N) is 1. The maximum Gasteiger partial charge on any atom is 0.315 e. The second kappa shape index (κ2) is 8.38. The summed E-state index contributed by atoms with van der Waals surface area (Å²) in [5.74, 6) is 0.879. The van der Waals surface area contributed by atoms with Crippen LogP contribution in [0.15, 0.2) is 41.1 Å². The Morgan fingerprint density at radius 1 is 1.17 bits per heavy atom. The molecule has 6 heteroatoms. The van der Waals surface area contributed by atoms with Gasteiger partial charge in [0, 0.05) is 12.6 Å². The van der Waals surface area contributed by atoms with Gasteiger partial charge in [-0.05, 0) is 43.4 Å². The first-order valence-electron chi connectivity index (χ1n) is 8.46.